The molecule has 0 bridgehead atoms. The van der Waals surface area contributed by atoms with Crippen LogP contribution in [0.15, 0.2) is 23.6 Å². The second-order valence-corrected chi connectivity index (χ2v) is 7.78. The van der Waals surface area contributed by atoms with Gasteiger partial charge >= 0.3 is 0 Å². The van der Waals surface area contributed by atoms with E-state index < -0.39 is 0 Å². The Morgan fingerprint density at radius 2 is 2.07 bits per heavy atom. The summed E-state index contributed by atoms with van der Waals surface area (Å²) in [5, 5.41) is 5.02. The van der Waals surface area contributed by atoms with Crippen LogP contribution in [0.3, 0.4) is 0 Å². The molecule has 0 atom stereocenters. The van der Waals surface area contributed by atoms with Gasteiger partial charge in [-0.25, -0.2) is 9.37 Å². The zero-order chi connectivity index (χ0) is 19.6. The second kappa shape index (κ2) is 8.04. The molecule has 1 N–H and O–H groups in total. The number of carbonyl (C=O) groups is 2. The van der Waals surface area contributed by atoms with Crippen LogP contribution in [0.2, 0.25) is 0 Å². The third-order valence-corrected chi connectivity index (χ3v) is 5.26. The van der Waals surface area contributed by atoms with Crippen LogP contribution in [0.1, 0.15) is 26.0 Å². The van der Waals surface area contributed by atoms with E-state index in [1.54, 1.807) is 16.3 Å². The number of carbonyl (C=O) groups excluding carboxylic acids is 2. The monoisotopic (exact) mass is 390 g/mol. The minimum atomic E-state index is -0.320. The van der Waals surface area contributed by atoms with Crippen LogP contribution in [-0.2, 0) is 16.0 Å². The Labute approximate surface area is 162 Å². The predicted molar refractivity (Wildman–Crippen MR) is 106 cm³/mol. The third-order valence-electron chi connectivity index (χ3n) is 4.45. The number of nitrogens with one attached hydrogen (secondary N) is 1. The lowest BCUT2D eigenvalue weighted by atomic mass is 10.2. The zero-order valence-electron chi connectivity index (χ0n) is 15.7. The van der Waals surface area contributed by atoms with Crippen molar-refractivity contribution in [3.05, 3.63) is 35.1 Å². The Kier molecular flexibility index (Phi) is 5.74. The smallest absolute Gasteiger partial charge is 0.233 e. The first-order valence-corrected chi connectivity index (χ1v) is 9.79. The molecule has 1 aromatic heterocycles. The number of hydrogen-bond acceptors (Lipinski definition) is 5. The van der Waals surface area contributed by atoms with Crippen molar-refractivity contribution in [1.29, 1.82) is 0 Å². The first-order valence-electron chi connectivity index (χ1n) is 8.91. The van der Waals surface area contributed by atoms with Crippen molar-refractivity contribution in [1.82, 2.24) is 4.98 Å². The van der Waals surface area contributed by atoms with Gasteiger partial charge in [-0.15, -0.1) is 11.3 Å². The molecule has 0 aliphatic carbocycles. The van der Waals surface area contributed by atoms with Gasteiger partial charge in [0.1, 0.15) is 5.82 Å². The van der Waals surface area contributed by atoms with Gasteiger partial charge in [0, 0.05) is 31.4 Å². The molecule has 2 heterocycles. The number of anilines is 3. The van der Waals surface area contributed by atoms with Crippen molar-refractivity contribution in [2.45, 2.75) is 26.7 Å². The Hall–Kier alpha value is -2.48. The molecular formula is C19H23FN4O2S. The largest absolute Gasteiger partial charge is 0.373 e. The maximum atomic E-state index is 13.7. The summed E-state index contributed by atoms with van der Waals surface area (Å²) in [4.78, 5) is 32.7. The average molecular weight is 390 g/mol. The molecule has 0 saturated carbocycles. The van der Waals surface area contributed by atoms with Crippen molar-refractivity contribution in [3.8, 4) is 0 Å². The van der Waals surface area contributed by atoms with Crippen LogP contribution in [0, 0.1) is 11.7 Å². The molecule has 1 aliphatic heterocycles. The average Bonchev–Trinajstić information content (AvgIpc) is 2.98. The molecule has 2 amide bonds. The highest BCUT2D eigenvalue weighted by atomic mass is 32.1. The molecule has 0 saturated heterocycles. The number of amides is 2. The van der Waals surface area contributed by atoms with Gasteiger partial charge in [0.25, 0.3) is 0 Å². The molecule has 1 aromatic carbocycles. The Morgan fingerprint density at radius 3 is 2.81 bits per heavy atom. The van der Waals surface area contributed by atoms with Crippen LogP contribution in [0.5, 0.6) is 0 Å². The molecule has 6 nitrogen and oxygen atoms in total. The summed E-state index contributed by atoms with van der Waals surface area (Å²) < 4.78 is 13.7. The minimum Gasteiger partial charge on any atom is -0.373 e. The first kappa shape index (κ1) is 19.3. The fourth-order valence-corrected chi connectivity index (χ4v) is 3.66. The second-order valence-electron chi connectivity index (χ2n) is 6.92. The van der Waals surface area contributed by atoms with E-state index in [4.69, 9.17) is 0 Å². The van der Waals surface area contributed by atoms with Gasteiger partial charge in [-0.05, 0) is 24.6 Å². The van der Waals surface area contributed by atoms with Gasteiger partial charge in [0.2, 0.25) is 11.8 Å². The number of thiazole rings is 1. The van der Waals surface area contributed by atoms with Crippen LogP contribution < -0.4 is 15.1 Å². The molecule has 1 aliphatic rings. The third kappa shape index (κ3) is 4.44. The number of nitrogens with zero attached hydrogens (tertiary/aromatic N) is 3. The van der Waals surface area contributed by atoms with Gasteiger partial charge < -0.3 is 15.1 Å². The molecule has 0 spiro atoms. The Bertz CT molecular complexity index is 852. The maximum Gasteiger partial charge on any atom is 0.233 e. The normalized spacial score (nSPS) is 14.1. The number of halogens is 1. The lowest BCUT2D eigenvalue weighted by Crippen LogP contribution is -2.33. The summed E-state index contributed by atoms with van der Waals surface area (Å²) in [7, 11) is 1.90. The Balaban J connectivity index is 1.76. The van der Waals surface area contributed by atoms with E-state index in [1.165, 1.54) is 23.5 Å². The van der Waals surface area contributed by atoms with Gasteiger partial charge in [-0.3, -0.25) is 9.59 Å². The summed E-state index contributed by atoms with van der Waals surface area (Å²) in [5.41, 5.74) is 2.04. The van der Waals surface area contributed by atoms with Crippen LogP contribution in [0.4, 0.5) is 20.9 Å². The van der Waals surface area contributed by atoms with Crippen molar-refractivity contribution in [2.24, 2.45) is 5.92 Å². The Morgan fingerprint density at radius 1 is 1.30 bits per heavy atom. The quantitative estimate of drug-likeness (QED) is 0.870. The maximum absolute atomic E-state index is 13.7. The van der Waals surface area contributed by atoms with Crippen LogP contribution in [-0.4, -0.2) is 36.9 Å². The highest BCUT2D eigenvalue weighted by Gasteiger charge is 2.24. The molecule has 0 radical (unpaired) electrons. The van der Waals surface area contributed by atoms with Gasteiger partial charge in [0.05, 0.1) is 23.5 Å². The SMILES string of the molecule is CC(C)C(=O)Nc1nc(CC(=O)N2CCCN(C)c3cc(F)ccc32)cs1. The van der Waals surface area contributed by atoms with Gasteiger partial charge in [-0.1, -0.05) is 13.8 Å². The highest BCUT2D eigenvalue weighted by Crippen LogP contribution is 2.32. The fourth-order valence-electron chi connectivity index (χ4n) is 2.94. The highest BCUT2D eigenvalue weighted by molar-refractivity contribution is 7.13. The van der Waals surface area contributed by atoms with Gasteiger partial charge in [-0.2, -0.15) is 0 Å². The van der Waals surface area contributed by atoms with E-state index in [0.717, 1.165) is 13.0 Å². The number of hydrogen-bond donors (Lipinski definition) is 1. The number of fused-ring (bicyclic) bond motifs is 1. The van der Waals surface area contributed by atoms with E-state index in [2.05, 4.69) is 10.3 Å². The van der Waals surface area contributed by atoms with Crippen molar-refractivity contribution in [2.75, 3.05) is 35.3 Å². The topological polar surface area (TPSA) is 65.5 Å². The summed E-state index contributed by atoms with van der Waals surface area (Å²) in [6, 6.07) is 4.49. The molecular weight excluding hydrogens is 367 g/mol. The summed E-state index contributed by atoms with van der Waals surface area (Å²) in [5.74, 6) is -0.649. The first-order chi connectivity index (χ1) is 12.8. The summed E-state index contributed by atoms with van der Waals surface area (Å²) >= 11 is 1.30. The van der Waals surface area contributed by atoms with Crippen LogP contribution >= 0.6 is 11.3 Å². The van der Waals surface area contributed by atoms with E-state index in [1.807, 2.05) is 25.8 Å². The van der Waals surface area contributed by atoms with Crippen LogP contribution in [0.25, 0.3) is 0 Å². The molecule has 27 heavy (non-hydrogen) atoms. The summed E-state index contributed by atoms with van der Waals surface area (Å²) in [6.07, 6.45) is 0.930. The van der Waals surface area contributed by atoms with Gasteiger partial charge in [0.15, 0.2) is 5.13 Å². The van der Waals surface area contributed by atoms with E-state index in [-0.39, 0.29) is 30.0 Å². The predicted octanol–water partition coefficient (Wildman–Crippen LogP) is 3.29. The zero-order valence-corrected chi connectivity index (χ0v) is 16.5. The molecule has 144 valence electrons. The molecule has 0 unspecified atom stereocenters. The summed E-state index contributed by atoms with van der Waals surface area (Å²) in [6.45, 7) is 4.94. The van der Waals surface area contributed by atoms with Crippen molar-refractivity contribution < 1.29 is 14.0 Å². The lowest BCUT2D eigenvalue weighted by molar-refractivity contribution is -0.119. The van der Waals surface area contributed by atoms with Crippen molar-refractivity contribution >= 4 is 39.7 Å². The number of benzene rings is 1. The number of aromatic nitrogens is 1. The lowest BCUT2D eigenvalue weighted by Gasteiger charge is -2.24. The fraction of sp³-hybridized carbons (Fsp3) is 0.421. The van der Waals surface area contributed by atoms with E-state index in [0.29, 0.717) is 28.7 Å². The minimum absolute atomic E-state index is 0.0924. The number of rotatable bonds is 4. The standard InChI is InChI=1S/C19H23FN4O2S/c1-12(2)18(26)22-19-21-14(11-27-19)10-17(25)24-8-4-7-23(3)16-9-13(20)5-6-15(16)24/h5-6,9,11-12H,4,7-8,10H2,1-3H3,(H,21,22,26). The molecule has 8 heteroatoms. The molecule has 2 aromatic rings. The van der Waals surface area contributed by atoms with E-state index >= 15 is 0 Å². The molecule has 0 fully saturated rings. The van der Waals surface area contributed by atoms with E-state index in [9.17, 15) is 14.0 Å². The van der Waals surface area contributed by atoms with Crippen molar-refractivity contribution in [3.63, 3.8) is 0 Å². The molecule has 3 rings (SSSR count).